The number of aromatic amines is 1. The van der Waals surface area contributed by atoms with E-state index in [9.17, 15) is 4.57 Å². The molecule has 0 aliphatic heterocycles. The van der Waals surface area contributed by atoms with E-state index in [1.807, 2.05) is 0 Å². The number of fused-ring (bicyclic) bond motifs is 1. The summed E-state index contributed by atoms with van der Waals surface area (Å²) in [5.41, 5.74) is 5.37. The quantitative estimate of drug-likeness (QED) is 0.616. The first-order chi connectivity index (χ1) is 9.43. The van der Waals surface area contributed by atoms with Crippen molar-refractivity contribution in [3.05, 3.63) is 30.0 Å². The molecule has 0 bridgehead atoms. The maximum Gasteiger partial charge on any atom is 0.524 e. The number of nitrogens with one attached hydrogen (secondary N) is 1. The third-order valence-corrected chi connectivity index (χ3v) is 2.53. The Balaban J connectivity index is 2.70. The van der Waals surface area contributed by atoms with Crippen LogP contribution in [0.25, 0.3) is 10.9 Å². The van der Waals surface area contributed by atoms with Crippen molar-refractivity contribution in [2.45, 2.75) is 6.37 Å². The Hall–Kier alpha value is -1.33. The van der Waals surface area contributed by atoms with Gasteiger partial charge in [0, 0.05) is 22.6 Å². The molecular weight excluding hydrogens is 243 g/mol. The van der Waals surface area contributed by atoms with Gasteiger partial charge in [-0.15, -0.1) is 0 Å². The molecule has 2 aromatic rings. The van der Waals surface area contributed by atoms with Crippen LogP contribution in [0.1, 0.15) is 11.0 Å². The van der Waals surface area contributed by atoms with Crippen LogP contribution in [0.4, 0.5) is 0 Å². The molecule has 7 heteroatoms. The van der Waals surface area contributed by atoms with Gasteiger partial charge >= 0.3 is 7.82 Å². The molecule has 5 N–H and O–H groups in total. The standard InChI is InChI=1S/C10H13N2O4P/c11-5-4-7-6-12-8-2-1-3-9(10(7)8)16-17(13,14)15/h1-3,6,12H,4-5,11H2,(H2,13,14,15)/i4D2,5D2. The molecule has 0 spiro atoms. The fourth-order valence-corrected chi connectivity index (χ4v) is 1.94. The monoisotopic (exact) mass is 260 g/mol. The van der Waals surface area contributed by atoms with Gasteiger partial charge in [0.1, 0.15) is 5.75 Å². The van der Waals surface area contributed by atoms with Crippen molar-refractivity contribution in [1.29, 1.82) is 0 Å². The Labute approximate surface area is 103 Å². The van der Waals surface area contributed by atoms with E-state index < -0.39 is 20.7 Å². The van der Waals surface area contributed by atoms with Gasteiger partial charge in [-0.25, -0.2) is 4.57 Å². The molecule has 2 rings (SSSR count). The van der Waals surface area contributed by atoms with Crippen LogP contribution < -0.4 is 10.3 Å². The normalized spacial score (nSPS) is 17.1. The average Bonchev–Trinajstić information content (AvgIpc) is 2.70. The van der Waals surface area contributed by atoms with Crippen molar-refractivity contribution in [2.75, 3.05) is 6.50 Å². The van der Waals surface area contributed by atoms with Crippen molar-refractivity contribution < 1.29 is 24.4 Å². The van der Waals surface area contributed by atoms with Gasteiger partial charge < -0.3 is 15.2 Å². The van der Waals surface area contributed by atoms with Crippen molar-refractivity contribution in [3.63, 3.8) is 0 Å². The highest BCUT2D eigenvalue weighted by atomic mass is 31.2. The molecule has 0 unspecified atom stereocenters. The molecular formula is C10H13N2O4P. The second-order valence-corrected chi connectivity index (χ2v) is 4.40. The molecule has 0 saturated heterocycles. The molecule has 0 radical (unpaired) electrons. The van der Waals surface area contributed by atoms with E-state index in [1.54, 1.807) is 0 Å². The molecule has 0 amide bonds. The van der Waals surface area contributed by atoms with Crippen LogP contribution in [0.2, 0.25) is 0 Å². The zero-order valence-electron chi connectivity index (χ0n) is 12.5. The lowest BCUT2D eigenvalue weighted by Gasteiger charge is -2.09. The van der Waals surface area contributed by atoms with Crippen molar-refractivity contribution in [3.8, 4) is 5.75 Å². The third-order valence-electron chi connectivity index (χ3n) is 2.09. The first kappa shape index (κ1) is 7.89. The van der Waals surface area contributed by atoms with E-state index in [1.165, 1.54) is 24.4 Å². The summed E-state index contributed by atoms with van der Waals surface area (Å²) >= 11 is 0. The van der Waals surface area contributed by atoms with Crippen molar-refractivity contribution >= 4 is 18.7 Å². The van der Waals surface area contributed by atoms with Gasteiger partial charge in [-0.3, -0.25) is 9.79 Å². The minimum Gasteiger partial charge on any atom is -0.404 e. The summed E-state index contributed by atoms with van der Waals surface area (Å²) in [4.78, 5) is 20.5. The van der Waals surface area contributed by atoms with Gasteiger partial charge in [0.2, 0.25) is 0 Å². The molecule has 17 heavy (non-hydrogen) atoms. The number of nitrogens with two attached hydrogens (primary N) is 1. The van der Waals surface area contributed by atoms with Crippen LogP contribution in [0.5, 0.6) is 5.75 Å². The number of H-pyrrole nitrogens is 1. The van der Waals surface area contributed by atoms with Crippen LogP contribution in [-0.4, -0.2) is 21.3 Å². The van der Waals surface area contributed by atoms with Gasteiger partial charge in [-0.2, -0.15) is 0 Å². The summed E-state index contributed by atoms with van der Waals surface area (Å²) in [6, 6.07) is 4.24. The Morgan fingerprint density at radius 2 is 2.29 bits per heavy atom. The fraction of sp³-hybridized carbons (Fsp3) is 0.200. The molecule has 92 valence electrons. The molecule has 0 aliphatic carbocycles. The van der Waals surface area contributed by atoms with Crippen molar-refractivity contribution in [1.82, 2.24) is 4.98 Å². The minimum absolute atomic E-state index is 0.0279. The van der Waals surface area contributed by atoms with Gasteiger partial charge in [0.15, 0.2) is 0 Å². The van der Waals surface area contributed by atoms with Crippen LogP contribution in [-0.2, 0) is 10.9 Å². The number of phosphoric ester groups is 1. The molecule has 6 nitrogen and oxygen atoms in total. The summed E-state index contributed by atoms with van der Waals surface area (Å²) in [6.07, 6.45) is -1.40. The first-order valence-corrected chi connectivity index (χ1v) is 6.11. The van der Waals surface area contributed by atoms with Crippen molar-refractivity contribution in [2.24, 2.45) is 5.73 Å². The molecule has 0 saturated carbocycles. The van der Waals surface area contributed by atoms with E-state index in [-0.39, 0.29) is 16.7 Å². The summed E-state index contributed by atoms with van der Waals surface area (Å²) < 4.78 is 46.0. The second kappa shape index (κ2) is 4.50. The zero-order chi connectivity index (χ0) is 16.1. The van der Waals surface area contributed by atoms with Gasteiger partial charge in [-0.05, 0) is 30.6 Å². The first-order valence-electron chi connectivity index (χ1n) is 6.58. The molecule has 0 aliphatic rings. The summed E-state index contributed by atoms with van der Waals surface area (Å²) in [5, 5.41) is 0.0279. The number of aryl methyl sites for hydroxylation is 1. The topological polar surface area (TPSA) is 109 Å². The Kier molecular flexibility index (Phi) is 2.09. The number of hydrogen-bond donors (Lipinski definition) is 4. The van der Waals surface area contributed by atoms with Crippen LogP contribution >= 0.6 is 7.82 Å². The lowest BCUT2D eigenvalue weighted by atomic mass is 10.1. The number of rotatable bonds is 4. The van der Waals surface area contributed by atoms with Gasteiger partial charge in [0.25, 0.3) is 0 Å². The summed E-state index contributed by atoms with van der Waals surface area (Å²) in [5.74, 6) is -0.259. The average molecular weight is 260 g/mol. The Bertz CT molecular complexity index is 721. The fourth-order valence-electron chi connectivity index (χ4n) is 1.53. The number of hydrogen-bond acceptors (Lipinski definition) is 3. The molecule has 0 fully saturated rings. The number of phosphoric acid groups is 1. The van der Waals surface area contributed by atoms with E-state index in [0.29, 0.717) is 5.52 Å². The van der Waals surface area contributed by atoms with Crippen LogP contribution in [0, 0.1) is 0 Å². The summed E-state index contributed by atoms with van der Waals surface area (Å²) in [7, 11) is -4.84. The Morgan fingerprint density at radius 1 is 1.53 bits per heavy atom. The largest absolute Gasteiger partial charge is 0.524 e. The summed E-state index contributed by atoms with van der Waals surface area (Å²) in [6.45, 7) is -2.70. The van der Waals surface area contributed by atoms with Crippen LogP contribution in [0.15, 0.2) is 24.4 Å². The minimum atomic E-state index is -4.84. The zero-order valence-corrected chi connectivity index (χ0v) is 9.44. The van der Waals surface area contributed by atoms with Gasteiger partial charge in [0.05, 0.1) is 0 Å². The molecule has 1 aromatic carbocycles. The maximum absolute atomic E-state index is 11.0. The lowest BCUT2D eigenvalue weighted by Crippen LogP contribution is -2.02. The predicted octanol–water partition coefficient (Wildman–Crippen LogP) is 1.14. The third kappa shape index (κ3) is 2.68. The predicted molar refractivity (Wildman–Crippen MR) is 63.7 cm³/mol. The van der Waals surface area contributed by atoms with E-state index in [0.717, 1.165) is 0 Å². The highest BCUT2D eigenvalue weighted by Crippen LogP contribution is 2.41. The molecule has 1 aromatic heterocycles. The van der Waals surface area contributed by atoms with E-state index >= 15 is 0 Å². The highest BCUT2D eigenvalue weighted by Gasteiger charge is 2.19. The van der Waals surface area contributed by atoms with Gasteiger partial charge in [-0.1, -0.05) is 6.07 Å². The van der Waals surface area contributed by atoms with E-state index in [2.05, 4.69) is 9.51 Å². The number of aromatic nitrogens is 1. The number of benzene rings is 1. The van der Waals surface area contributed by atoms with Crippen LogP contribution in [0.3, 0.4) is 0 Å². The lowest BCUT2D eigenvalue weighted by molar-refractivity contribution is 0.284. The smallest absolute Gasteiger partial charge is 0.404 e. The van der Waals surface area contributed by atoms with E-state index in [4.69, 9.17) is 21.0 Å². The maximum atomic E-state index is 11.0. The second-order valence-electron chi connectivity index (χ2n) is 3.23. The SMILES string of the molecule is [2H]C([2H])(N)C([2H])([2H])c1c[nH]c2cccc(OP(=O)(O)O)c12. The highest BCUT2D eigenvalue weighted by molar-refractivity contribution is 7.46. The molecule has 1 heterocycles. The Morgan fingerprint density at radius 3 is 2.94 bits per heavy atom. The molecule has 0 atom stereocenters.